The van der Waals surface area contributed by atoms with Crippen LogP contribution in [0, 0.1) is 0 Å². The molecule has 0 aliphatic rings. The molecule has 2 rings (SSSR count). The van der Waals surface area contributed by atoms with E-state index in [0.717, 1.165) is 10.0 Å². The van der Waals surface area contributed by atoms with Crippen molar-refractivity contribution in [2.75, 3.05) is 6.54 Å². The first kappa shape index (κ1) is 14.7. The summed E-state index contributed by atoms with van der Waals surface area (Å²) < 4.78 is 1.00. The molecule has 4 N–H and O–H groups in total. The third-order valence-corrected chi connectivity index (χ3v) is 3.22. The van der Waals surface area contributed by atoms with Gasteiger partial charge in [0.2, 0.25) is 5.91 Å². The number of halogens is 1. The van der Waals surface area contributed by atoms with Crippen LogP contribution < -0.4 is 11.1 Å². The van der Waals surface area contributed by atoms with Crippen molar-refractivity contribution in [1.82, 2.24) is 20.5 Å². The van der Waals surface area contributed by atoms with Gasteiger partial charge in [0.1, 0.15) is 5.82 Å². The minimum atomic E-state index is -0.0305. The molecule has 2 aromatic rings. The molecule has 6 nitrogen and oxygen atoms in total. The quantitative estimate of drug-likeness (QED) is 0.745. The van der Waals surface area contributed by atoms with Gasteiger partial charge in [-0.15, -0.1) is 0 Å². The zero-order chi connectivity index (χ0) is 14.4. The molecule has 0 aliphatic carbocycles. The van der Waals surface area contributed by atoms with Gasteiger partial charge >= 0.3 is 0 Å². The lowest BCUT2D eigenvalue weighted by Gasteiger charge is -2.01. The monoisotopic (exact) mass is 337 g/mol. The average Bonchev–Trinajstić information content (AvgIpc) is 2.92. The van der Waals surface area contributed by atoms with Crippen LogP contribution in [-0.4, -0.2) is 27.6 Å². The zero-order valence-electron chi connectivity index (χ0n) is 10.9. The van der Waals surface area contributed by atoms with E-state index in [2.05, 4.69) is 36.4 Å². The number of aromatic nitrogens is 3. The Bertz CT molecular complexity index is 566. The smallest absolute Gasteiger partial charge is 0.220 e. The second-order valence-electron chi connectivity index (χ2n) is 4.28. The number of H-pyrrole nitrogens is 1. The molecule has 1 amide bonds. The molecule has 20 heavy (non-hydrogen) atoms. The van der Waals surface area contributed by atoms with Gasteiger partial charge in [-0.25, -0.2) is 4.98 Å². The summed E-state index contributed by atoms with van der Waals surface area (Å²) in [7, 11) is 0. The van der Waals surface area contributed by atoms with Crippen molar-refractivity contribution in [3.05, 3.63) is 34.6 Å². The molecule has 0 atom stereocenters. The van der Waals surface area contributed by atoms with Crippen molar-refractivity contribution < 1.29 is 4.79 Å². The summed E-state index contributed by atoms with van der Waals surface area (Å²) in [6, 6.07) is 7.72. The van der Waals surface area contributed by atoms with E-state index in [9.17, 15) is 4.79 Å². The fraction of sp³-hybridized carbons (Fsp3) is 0.308. The fourth-order valence-electron chi connectivity index (χ4n) is 1.64. The molecule has 7 heteroatoms. The lowest BCUT2D eigenvalue weighted by atomic mass is 10.2. The number of rotatable bonds is 6. The van der Waals surface area contributed by atoms with Crippen molar-refractivity contribution in [2.24, 2.45) is 5.73 Å². The number of carbonyl (C=O) groups is 1. The van der Waals surface area contributed by atoms with E-state index in [-0.39, 0.29) is 5.91 Å². The number of aromatic amines is 1. The van der Waals surface area contributed by atoms with Gasteiger partial charge in [-0.05, 0) is 25.1 Å². The first-order valence-corrected chi connectivity index (χ1v) is 7.12. The van der Waals surface area contributed by atoms with Crippen LogP contribution in [-0.2, 0) is 11.3 Å². The highest BCUT2D eigenvalue weighted by molar-refractivity contribution is 9.10. The molecule has 0 aliphatic heterocycles. The number of hydrogen-bond donors (Lipinski definition) is 3. The summed E-state index contributed by atoms with van der Waals surface area (Å²) in [5.41, 5.74) is 6.27. The van der Waals surface area contributed by atoms with Crippen LogP contribution in [0.1, 0.15) is 18.7 Å². The molecule has 0 spiro atoms. The zero-order valence-corrected chi connectivity index (χ0v) is 12.5. The van der Waals surface area contributed by atoms with Gasteiger partial charge in [-0.1, -0.05) is 28.1 Å². The second-order valence-corrected chi connectivity index (χ2v) is 5.20. The summed E-state index contributed by atoms with van der Waals surface area (Å²) in [6.45, 7) is 0.858. The van der Waals surface area contributed by atoms with E-state index in [0.29, 0.717) is 37.6 Å². The van der Waals surface area contributed by atoms with E-state index in [1.54, 1.807) is 0 Å². The van der Waals surface area contributed by atoms with Gasteiger partial charge in [-0.2, -0.15) is 5.10 Å². The Morgan fingerprint density at radius 2 is 2.10 bits per heavy atom. The maximum Gasteiger partial charge on any atom is 0.220 e. The third-order valence-electron chi connectivity index (χ3n) is 2.70. The first-order valence-electron chi connectivity index (χ1n) is 6.33. The molecule has 1 heterocycles. The number of amides is 1. The summed E-state index contributed by atoms with van der Waals surface area (Å²) in [5.74, 6) is 1.21. The molecule has 0 fully saturated rings. The first-order chi connectivity index (χ1) is 9.69. The van der Waals surface area contributed by atoms with E-state index in [1.165, 1.54) is 0 Å². The van der Waals surface area contributed by atoms with Crippen LogP contribution in [0.4, 0.5) is 0 Å². The molecule has 0 bridgehead atoms. The van der Waals surface area contributed by atoms with Gasteiger partial charge in [0.05, 0.1) is 6.54 Å². The van der Waals surface area contributed by atoms with Crippen LogP contribution >= 0.6 is 15.9 Å². The Morgan fingerprint density at radius 1 is 1.35 bits per heavy atom. The molecule has 0 saturated heterocycles. The van der Waals surface area contributed by atoms with Gasteiger partial charge in [-0.3, -0.25) is 9.89 Å². The molecule has 0 radical (unpaired) electrons. The molecule has 106 valence electrons. The number of benzene rings is 1. The predicted octanol–water partition coefficient (Wildman–Crippen LogP) is 1.59. The van der Waals surface area contributed by atoms with Crippen LogP contribution in [0.2, 0.25) is 0 Å². The number of nitrogens with zero attached hydrogens (tertiary/aromatic N) is 2. The SMILES string of the molecule is NCCCC(=O)NCc1nc(-c2ccc(Br)cc2)n[nH]1. The van der Waals surface area contributed by atoms with Gasteiger partial charge in [0.25, 0.3) is 0 Å². The van der Waals surface area contributed by atoms with E-state index in [1.807, 2.05) is 24.3 Å². The minimum absolute atomic E-state index is 0.0305. The van der Waals surface area contributed by atoms with Crippen molar-refractivity contribution in [1.29, 1.82) is 0 Å². The van der Waals surface area contributed by atoms with Crippen LogP contribution in [0.5, 0.6) is 0 Å². The number of nitrogens with one attached hydrogen (secondary N) is 2. The van der Waals surface area contributed by atoms with Gasteiger partial charge in [0.15, 0.2) is 5.82 Å². The predicted molar refractivity (Wildman–Crippen MR) is 79.7 cm³/mol. The Balaban J connectivity index is 1.92. The maximum atomic E-state index is 11.5. The second kappa shape index (κ2) is 7.16. The molecule has 1 aromatic carbocycles. The average molecular weight is 338 g/mol. The number of carbonyl (C=O) groups excluding carboxylic acids is 1. The highest BCUT2D eigenvalue weighted by Gasteiger charge is 2.07. The summed E-state index contributed by atoms with van der Waals surface area (Å²) in [5, 5.41) is 9.72. The van der Waals surface area contributed by atoms with Crippen LogP contribution in [0.25, 0.3) is 11.4 Å². The van der Waals surface area contributed by atoms with Crippen LogP contribution in [0.3, 0.4) is 0 Å². The molecule has 1 aromatic heterocycles. The lowest BCUT2D eigenvalue weighted by molar-refractivity contribution is -0.121. The van der Waals surface area contributed by atoms with Crippen molar-refractivity contribution in [2.45, 2.75) is 19.4 Å². The Hall–Kier alpha value is -1.73. The van der Waals surface area contributed by atoms with Gasteiger partial charge in [0, 0.05) is 16.5 Å². The van der Waals surface area contributed by atoms with E-state index >= 15 is 0 Å². The van der Waals surface area contributed by atoms with Crippen LogP contribution in [0.15, 0.2) is 28.7 Å². The highest BCUT2D eigenvalue weighted by Crippen LogP contribution is 2.18. The van der Waals surface area contributed by atoms with Gasteiger partial charge < -0.3 is 11.1 Å². The van der Waals surface area contributed by atoms with E-state index in [4.69, 9.17) is 5.73 Å². The lowest BCUT2D eigenvalue weighted by Crippen LogP contribution is -2.23. The van der Waals surface area contributed by atoms with Crippen molar-refractivity contribution >= 4 is 21.8 Å². The Morgan fingerprint density at radius 3 is 2.80 bits per heavy atom. The summed E-state index contributed by atoms with van der Waals surface area (Å²) >= 11 is 3.38. The van der Waals surface area contributed by atoms with E-state index < -0.39 is 0 Å². The fourth-order valence-corrected chi connectivity index (χ4v) is 1.90. The normalized spacial score (nSPS) is 10.5. The van der Waals surface area contributed by atoms with Crippen molar-refractivity contribution in [3.63, 3.8) is 0 Å². The molecular weight excluding hydrogens is 322 g/mol. The Labute approximate surface area is 125 Å². The largest absolute Gasteiger partial charge is 0.349 e. The van der Waals surface area contributed by atoms with Crippen molar-refractivity contribution in [3.8, 4) is 11.4 Å². The molecule has 0 unspecified atom stereocenters. The summed E-state index contributed by atoms with van der Waals surface area (Å²) in [4.78, 5) is 15.8. The summed E-state index contributed by atoms with van der Waals surface area (Å²) in [6.07, 6.45) is 1.12. The number of nitrogens with two attached hydrogens (primary N) is 1. The number of hydrogen-bond acceptors (Lipinski definition) is 4. The molecular formula is C13H16BrN5O. The highest BCUT2D eigenvalue weighted by atomic mass is 79.9. The standard InChI is InChI=1S/C13H16BrN5O/c14-10-5-3-9(4-6-10)13-17-11(18-19-13)8-16-12(20)2-1-7-15/h3-6H,1-2,7-8,15H2,(H,16,20)(H,17,18,19). The Kier molecular flexibility index (Phi) is 5.25. The third kappa shape index (κ3) is 4.14. The topological polar surface area (TPSA) is 96.7 Å². The maximum absolute atomic E-state index is 11.5. The minimum Gasteiger partial charge on any atom is -0.349 e. The molecule has 0 saturated carbocycles.